The third-order valence-corrected chi connectivity index (χ3v) is 4.83. The van der Waals surface area contributed by atoms with Gasteiger partial charge in [0.05, 0.1) is 6.20 Å². The second-order valence-corrected chi connectivity index (χ2v) is 6.68. The highest BCUT2D eigenvalue weighted by Gasteiger charge is 2.13. The predicted octanol–water partition coefficient (Wildman–Crippen LogP) is 1.05. The molecule has 1 aliphatic heterocycles. The molecule has 0 radical (unpaired) electrons. The summed E-state index contributed by atoms with van der Waals surface area (Å²) >= 11 is 0. The van der Waals surface area contributed by atoms with Crippen molar-refractivity contribution in [1.29, 1.82) is 0 Å². The van der Waals surface area contributed by atoms with Gasteiger partial charge in [-0.25, -0.2) is 0 Å². The fourth-order valence-electron chi connectivity index (χ4n) is 3.19. The number of rotatable bonds is 5. The molecule has 0 bridgehead atoms. The smallest absolute Gasteiger partial charge is 0.263 e. The summed E-state index contributed by atoms with van der Waals surface area (Å²) in [5, 5.41) is 10.2. The number of H-pyrrole nitrogens is 2. The van der Waals surface area contributed by atoms with E-state index < -0.39 is 0 Å². The molecule has 3 aromatic rings. The Morgan fingerprint density at radius 3 is 2.69 bits per heavy atom. The Morgan fingerprint density at radius 2 is 1.92 bits per heavy atom. The van der Waals surface area contributed by atoms with Crippen LogP contribution in [0.3, 0.4) is 0 Å². The first kappa shape index (κ1) is 16.6. The van der Waals surface area contributed by atoms with E-state index in [0.717, 1.165) is 32.6 Å². The summed E-state index contributed by atoms with van der Waals surface area (Å²) in [5.41, 5.74) is 2.83. The van der Waals surface area contributed by atoms with E-state index in [1.807, 2.05) is 0 Å². The van der Waals surface area contributed by atoms with Crippen LogP contribution in [-0.4, -0.2) is 64.8 Å². The topological polar surface area (TPSA) is 92.9 Å². The molecule has 0 amide bonds. The van der Waals surface area contributed by atoms with Gasteiger partial charge in [0.2, 0.25) is 5.95 Å². The minimum Gasteiger partial charge on any atom is -0.369 e. The van der Waals surface area contributed by atoms with E-state index in [4.69, 9.17) is 0 Å². The Bertz CT molecular complexity index is 923. The lowest BCUT2D eigenvalue weighted by Gasteiger charge is -2.34. The lowest BCUT2D eigenvalue weighted by atomic mass is 10.1. The van der Waals surface area contributed by atoms with Crippen molar-refractivity contribution in [2.24, 2.45) is 0 Å². The zero-order valence-electron chi connectivity index (χ0n) is 14.8. The standard InChI is InChI=1S/C18H23N7O/c1-24-8-10-25(11-9-24)14-4-2-13(3-5-14)6-7-19-18-21-16-15(12-20-23-16)17(26)22-18/h2-5,12H,6-11H2,1H3,(H3,19,20,21,22,23,26). The van der Waals surface area contributed by atoms with E-state index in [2.05, 4.69) is 66.6 Å². The van der Waals surface area contributed by atoms with Crippen molar-refractivity contribution in [3.63, 3.8) is 0 Å². The van der Waals surface area contributed by atoms with Crippen LogP contribution in [0.15, 0.2) is 35.3 Å². The monoisotopic (exact) mass is 353 g/mol. The minimum absolute atomic E-state index is 0.192. The van der Waals surface area contributed by atoms with Gasteiger partial charge >= 0.3 is 0 Å². The van der Waals surface area contributed by atoms with Crippen molar-refractivity contribution in [1.82, 2.24) is 25.1 Å². The quantitative estimate of drug-likeness (QED) is 0.635. The van der Waals surface area contributed by atoms with E-state index in [-0.39, 0.29) is 5.56 Å². The summed E-state index contributed by atoms with van der Waals surface area (Å²) in [6.07, 6.45) is 2.33. The third-order valence-electron chi connectivity index (χ3n) is 4.83. The highest BCUT2D eigenvalue weighted by Crippen LogP contribution is 2.17. The van der Waals surface area contributed by atoms with Crippen molar-refractivity contribution >= 4 is 22.7 Å². The van der Waals surface area contributed by atoms with Crippen molar-refractivity contribution < 1.29 is 0 Å². The maximum atomic E-state index is 11.9. The predicted molar refractivity (Wildman–Crippen MR) is 103 cm³/mol. The molecule has 3 heterocycles. The first-order valence-corrected chi connectivity index (χ1v) is 8.89. The zero-order chi connectivity index (χ0) is 17.9. The molecule has 0 atom stereocenters. The van der Waals surface area contributed by atoms with Crippen LogP contribution in [0.5, 0.6) is 0 Å². The molecule has 1 aliphatic rings. The largest absolute Gasteiger partial charge is 0.369 e. The molecule has 0 aliphatic carbocycles. The van der Waals surface area contributed by atoms with Gasteiger partial charge in [-0.15, -0.1) is 0 Å². The number of aromatic nitrogens is 4. The number of likely N-dealkylation sites (N-methyl/N-ethyl adjacent to an activating group) is 1. The van der Waals surface area contributed by atoms with Crippen LogP contribution in [0, 0.1) is 0 Å². The molecule has 1 aromatic carbocycles. The summed E-state index contributed by atoms with van der Waals surface area (Å²) < 4.78 is 0. The highest BCUT2D eigenvalue weighted by molar-refractivity contribution is 5.73. The average molecular weight is 353 g/mol. The summed E-state index contributed by atoms with van der Waals surface area (Å²) in [6.45, 7) is 5.06. The van der Waals surface area contributed by atoms with Crippen LogP contribution in [0.2, 0.25) is 0 Å². The lowest BCUT2D eigenvalue weighted by Crippen LogP contribution is -2.44. The highest BCUT2D eigenvalue weighted by atomic mass is 16.1. The Morgan fingerprint density at radius 1 is 1.15 bits per heavy atom. The van der Waals surface area contributed by atoms with Crippen molar-refractivity contribution in [3.8, 4) is 0 Å². The van der Waals surface area contributed by atoms with Crippen molar-refractivity contribution in [2.45, 2.75) is 6.42 Å². The minimum atomic E-state index is -0.192. The number of hydrogen-bond acceptors (Lipinski definition) is 6. The zero-order valence-corrected chi connectivity index (χ0v) is 14.8. The van der Waals surface area contributed by atoms with E-state index >= 15 is 0 Å². The maximum Gasteiger partial charge on any atom is 0.263 e. The lowest BCUT2D eigenvalue weighted by molar-refractivity contribution is 0.313. The summed E-state index contributed by atoms with van der Waals surface area (Å²) in [6, 6.07) is 8.72. The van der Waals surface area contributed by atoms with Crippen LogP contribution >= 0.6 is 0 Å². The molecular formula is C18H23N7O. The number of hydrogen-bond donors (Lipinski definition) is 3. The molecule has 136 valence electrons. The normalized spacial score (nSPS) is 15.5. The summed E-state index contributed by atoms with van der Waals surface area (Å²) in [5.74, 6) is 0.459. The number of anilines is 2. The van der Waals surface area contributed by atoms with Crippen LogP contribution < -0.4 is 15.8 Å². The van der Waals surface area contributed by atoms with Crippen molar-refractivity contribution in [2.75, 3.05) is 50.0 Å². The van der Waals surface area contributed by atoms with Crippen LogP contribution in [0.4, 0.5) is 11.6 Å². The second-order valence-electron chi connectivity index (χ2n) is 6.68. The van der Waals surface area contributed by atoms with Crippen molar-refractivity contribution in [3.05, 3.63) is 46.4 Å². The summed E-state index contributed by atoms with van der Waals surface area (Å²) in [4.78, 5) is 23.7. The van der Waals surface area contributed by atoms with Gasteiger partial charge in [0, 0.05) is 38.4 Å². The van der Waals surface area contributed by atoms with Gasteiger partial charge in [0.25, 0.3) is 5.56 Å². The van der Waals surface area contributed by atoms with Crippen LogP contribution in [-0.2, 0) is 6.42 Å². The number of nitrogens with zero attached hydrogens (tertiary/aromatic N) is 4. The molecular weight excluding hydrogens is 330 g/mol. The van der Waals surface area contributed by atoms with Crippen LogP contribution in [0.1, 0.15) is 5.56 Å². The molecule has 3 N–H and O–H groups in total. The Hall–Kier alpha value is -2.87. The van der Waals surface area contributed by atoms with E-state index in [9.17, 15) is 4.79 Å². The second kappa shape index (κ2) is 7.17. The molecule has 1 fully saturated rings. The third kappa shape index (κ3) is 3.55. The number of fused-ring (bicyclic) bond motifs is 1. The Labute approximate surface area is 151 Å². The van der Waals surface area contributed by atoms with Crippen LogP contribution in [0.25, 0.3) is 11.0 Å². The summed E-state index contributed by atoms with van der Waals surface area (Å²) in [7, 11) is 2.17. The van der Waals surface area contributed by atoms with E-state index in [0.29, 0.717) is 23.5 Å². The van der Waals surface area contributed by atoms with E-state index in [1.54, 1.807) is 0 Å². The first-order chi connectivity index (χ1) is 12.7. The van der Waals surface area contributed by atoms with Gasteiger partial charge in [-0.3, -0.25) is 14.9 Å². The fourth-order valence-corrected chi connectivity index (χ4v) is 3.19. The first-order valence-electron chi connectivity index (χ1n) is 8.89. The number of aromatic amines is 2. The number of piperazine rings is 1. The Kier molecular flexibility index (Phi) is 4.57. The Balaban J connectivity index is 1.33. The molecule has 0 saturated carbocycles. The van der Waals surface area contributed by atoms with Gasteiger partial charge in [-0.05, 0) is 31.2 Å². The molecule has 1 saturated heterocycles. The molecule has 0 unspecified atom stereocenters. The molecule has 8 nitrogen and oxygen atoms in total. The average Bonchev–Trinajstić information content (AvgIpc) is 3.12. The molecule has 8 heteroatoms. The molecule has 26 heavy (non-hydrogen) atoms. The molecule has 2 aromatic heterocycles. The van der Waals surface area contributed by atoms with Gasteiger partial charge in [0.1, 0.15) is 5.39 Å². The van der Waals surface area contributed by atoms with Gasteiger partial charge in [-0.2, -0.15) is 10.1 Å². The maximum absolute atomic E-state index is 11.9. The number of nitrogens with one attached hydrogen (secondary N) is 3. The van der Waals surface area contributed by atoms with Gasteiger partial charge in [0.15, 0.2) is 5.65 Å². The fraction of sp³-hybridized carbons (Fsp3) is 0.389. The SMILES string of the molecule is CN1CCN(c2ccc(CCNc3nc4[nH]ncc4c(=O)[nH]3)cc2)CC1. The van der Waals surface area contributed by atoms with E-state index in [1.165, 1.54) is 17.4 Å². The molecule has 0 spiro atoms. The van der Waals surface area contributed by atoms with Gasteiger partial charge in [-0.1, -0.05) is 12.1 Å². The molecule has 4 rings (SSSR count). The van der Waals surface area contributed by atoms with Gasteiger partial charge < -0.3 is 15.1 Å². The number of benzene rings is 1.